The third-order valence-electron chi connectivity index (χ3n) is 5.17. The van der Waals surface area contributed by atoms with Crippen LogP contribution in [0.5, 0.6) is 5.75 Å². The van der Waals surface area contributed by atoms with E-state index in [1.807, 2.05) is 31.3 Å². The first kappa shape index (κ1) is 18.5. The van der Waals surface area contributed by atoms with Gasteiger partial charge in [-0.3, -0.25) is 9.69 Å². The standard InChI is InChI=1S/C22H28N2O2/c1-24(20-12-7-10-17-8-3-5-11-19(17)20)16-22(25)23-15-14-18-9-4-6-13-21(18)26-2/h3-6,8-9,11,13,20H,7,10,12,14-16H2,1-2H3,(H,23,25)/t20-/m1/s1. The minimum atomic E-state index is 0.0745. The Kier molecular flexibility index (Phi) is 6.29. The molecule has 0 fully saturated rings. The highest BCUT2D eigenvalue weighted by Gasteiger charge is 2.24. The number of fused-ring (bicyclic) bond motifs is 1. The van der Waals surface area contributed by atoms with Crippen LogP contribution in [0, 0.1) is 0 Å². The molecule has 4 nitrogen and oxygen atoms in total. The molecule has 1 atom stereocenters. The molecule has 4 heteroatoms. The first-order valence-corrected chi connectivity index (χ1v) is 9.35. The largest absolute Gasteiger partial charge is 0.496 e. The normalized spacial score (nSPS) is 16.2. The van der Waals surface area contributed by atoms with Crippen molar-refractivity contribution < 1.29 is 9.53 Å². The van der Waals surface area contributed by atoms with Crippen molar-refractivity contribution in [1.29, 1.82) is 0 Å². The molecule has 3 rings (SSSR count). The van der Waals surface area contributed by atoms with Gasteiger partial charge < -0.3 is 10.1 Å². The van der Waals surface area contributed by atoms with Gasteiger partial charge in [0.15, 0.2) is 0 Å². The van der Waals surface area contributed by atoms with Crippen molar-refractivity contribution in [3.8, 4) is 5.75 Å². The lowest BCUT2D eigenvalue weighted by Gasteiger charge is -2.32. The molecule has 0 saturated heterocycles. The predicted molar refractivity (Wildman–Crippen MR) is 104 cm³/mol. The number of likely N-dealkylation sites (N-methyl/N-ethyl adjacent to an activating group) is 1. The third kappa shape index (κ3) is 4.44. The summed E-state index contributed by atoms with van der Waals surface area (Å²) in [4.78, 5) is 14.5. The summed E-state index contributed by atoms with van der Waals surface area (Å²) in [5, 5.41) is 3.04. The van der Waals surface area contributed by atoms with E-state index in [9.17, 15) is 4.79 Å². The van der Waals surface area contributed by atoms with Gasteiger partial charge in [0.1, 0.15) is 5.75 Å². The van der Waals surface area contributed by atoms with Gasteiger partial charge in [0.25, 0.3) is 0 Å². The smallest absolute Gasteiger partial charge is 0.234 e. The Morgan fingerprint density at radius 2 is 1.96 bits per heavy atom. The van der Waals surface area contributed by atoms with E-state index in [1.54, 1.807) is 7.11 Å². The number of hydrogen-bond acceptors (Lipinski definition) is 3. The Balaban J connectivity index is 1.51. The number of carbonyl (C=O) groups excluding carboxylic acids is 1. The van der Waals surface area contributed by atoms with Crippen LogP contribution in [0.2, 0.25) is 0 Å². The molecule has 0 aromatic heterocycles. The Morgan fingerprint density at radius 1 is 1.19 bits per heavy atom. The van der Waals surface area contributed by atoms with Gasteiger partial charge >= 0.3 is 0 Å². The van der Waals surface area contributed by atoms with Crippen LogP contribution in [-0.4, -0.2) is 38.1 Å². The number of carbonyl (C=O) groups is 1. The number of rotatable bonds is 7. The summed E-state index contributed by atoms with van der Waals surface area (Å²) in [5.41, 5.74) is 3.92. The van der Waals surface area contributed by atoms with Crippen LogP contribution in [-0.2, 0) is 17.6 Å². The maximum Gasteiger partial charge on any atom is 0.234 e. The lowest BCUT2D eigenvalue weighted by molar-refractivity contribution is -0.122. The Hall–Kier alpha value is -2.33. The van der Waals surface area contributed by atoms with E-state index in [4.69, 9.17) is 4.74 Å². The number of ether oxygens (including phenoxy) is 1. The number of nitrogens with zero attached hydrogens (tertiary/aromatic N) is 1. The van der Waals surface area contributed by atoms with Crippen molar-refractivity contribution in [2.75, 3.05) is 27.2 Å². The van der Waals surface area contributed by atoms with Crippen molar-refractivity contribution in [1.82, 2.24) is 10.2 Å². The molecule has 1 amide bonds. The molecule has 0 unspecified atom stereocenters. The molecule has 0 heterocycles. The van der Waals surface area contributed by atoms with Gasteiger partial charge in [0, 0.05) is 12.6 Å². The SMILES string of the molecule is COc1ccccc1CCNC(=O)CN(C)[C@@H]1CCCc2ccccc21. The molecule has 2 aromatic carbocycles. The van der Waals surface area contributed by atoms with E-state index in [1.165, 1.54) is 17.5 Å². The average Bonchev–Trinajstić information content (AvgIpc) is 2.67. The summed E-state index contributed by atoms with van der Waals surface area (Å²) in [6.45, 7) is 1.04. The molecule has 26 heavy (non-hydrogen) atoms. The molecule has 0 saturated carbocycles. The molecular formula is C22H28N2O2. The minimum Gasteiger partial charge on any atom is -0.496 e. The van der Waals surface area contributed by atoms with Crippen molar-refractivity contribution in [2.45, 2.75) is 31.7 Å². The van der Waals surface area contributed by atoms with E-state index in [0.717, 1.165) is 30.6 Å². The lowest BCUT2D eigenvalue weighted by atomic mass is 9.87. The van der Waals surface area contributed by atoms with Gasteiger partial charge in [0.05, 0.1) is 13.7 Å². The van der Waals surface area contributed by atoms with Crippen LogP contribution < -0.4 is 10.1 Å². The molecular weight excluding hydrogens is 324 g/mol. The number of nitrogens with one attached hydrogen (secondary N) is 1. The topological polar surface area (TPSA) is 41.6 Å². The second-order valence-corrected chi connectivity index (χ2v) is 6.93. The first-order chi connectivity index (χ1) is 12.7. The zero-order valence-electron chi connectivity index (χ0n) is 15.7. The van der Waals surface area contributed by atoms with Crippen molar-refractivity contribution >= 4 is 5.91 Å². The molecule has 1 aliphatic carbocycles. The summed E-state index contributed by atoms with van der Waals surface area (Å²) in [7, 11) is 3.72. The fourth-order valence-electron chi connectivity index (χ4n) is 3.82. The quantitative estimate of drug-likeness (QED) is 0.831. The second-order valence-electron chi connectivity index (χ2n) is 6.93. The van der Waals surface area contributed by atoms with Crippen LogP contribution in [0.3, 0.4) is 0 Å². The van der Waals surface area contributed by atoms with Crippen LogP contribution in [0.4, 0.5) is 0 Å². The lowest BCUT2D eigenvalue weighted by Crippen LogP contribution is -2.38. The van der Waals surface area contributed by atoms with Gasteiger partial charge in [-0.15, -0.1) is 0 Å². The number of benzene rings is 2. The Morgan fingerprint density at radius 3 is 2.81 bits per heavy atom. The highest BCUT2D eigenvalue weighted by molar-refractivity contribution is 5.78. The monoisotopic (exact) mass is 352 g/mol. The Bertz CT molecular complexity index is 744. The summed E-state index contributed by atoms with van der Waals surface area (Å²) in [6.07, 6.45) is 4.21. The van der Waals surface area contributed by atoms with E-state index in [2.05, 4.69) is 34.5 Å². The summed E-state index contributed by atoms with van der Waals surface area (Å²) in [5.74, 6) is 0.947. The van der Waals surface area contributed by atoms with Gasteiger partial charge in [-0.05, 0) is 55.5 Å². The number of aryl methyl sites for hydroxylation is 1. The predicted octanol–water partition coefficient (Wildman–Crippen LogP) is 3.36. The van der Waals surface area contributed by atoms with Crippen LogP contribution >= 0.6 is 0 Å². The number of para-hydroxylation sites is 1. The molecule has 0 spiro atoms. The van der Waals surface area contributed by atoms with Crippen molar-refractivity contribution in [2.24, 2.45) is 0 Å². The van der Waals surface area contributed by atoms with Crippen molar-refractivity contribution in [3.63, 3.8) is 0 Å². The number of amides is 1. The van der Waals surface area contributed by atoms with E-state index in [0.29, 0.717) is 19.1 Å². The number of hydrogen-bond donors (Lipinski definition) is 1. The Labute approximate surface area is 156 Å². The fourth-order valence-corrected chi connectivity index (χ4v) is 3.82. The maximum absolute atomic E-state index is 12.4. The zero-order chi connectivity index (χ0) is 18.4. The van der Waals surface area contributed by atoms with E-state index < -0.39 is 0 Å². The minimum absolute atomic E-state index is 0.0745. The highest BCUT2D eigenvalue weighted by Crippen LogP contribution is 2.33. The zero-order valence-corrected chi connectivity index (χ0v) is 15.7. The maximum atomic E-state index is 12.4. The molecule has 138 valence electrons. The van der Waals surface area contributed by atoms with Gasteiger partial charge in [-0.25, -0.2) is 0 Å². The third-order valence-corrected chi connectivity index (χ3v) is 5.17. The van der Waals surface area contributed by atoms with Crippen molar-refractivity contribution in [3.05, 3.63) is 65.2 Å². The average molecular weight is 352 g/mol. The summed E-state index contributed by atoms with van der Waals surface area (Å²) in [6, 6.07) is 16.9. The molecule has 2 aromatic rings. The van der Waals surface area contributed by atoms with Gasteiger partial charge in [0.2, 0.25) is 5.91 Å². The number of methoxy groups -OCH3 is 1. The first-order valence-electron chi connectivity index (χ1n) is 9.35. The second kappa shape index (κ2) is 8.86. The highest BCUT2D eigenvalue weighted by atomic mass is 16.5. The van der Waals surface area contributed by atoms with Gasteiger partial charge in [-0.1, -0.05) is 42.5 Å². The van der Waals surface area contributed by atoms with Gasteiger partial charge in [-0.2, -0.15) is 0 Å². The molecule has 1 N–H and O–H groups in total. The molecule has 0 aliphatic heterocycles. The summed E-state index contributed by atoms with van der Waals surface area (Å²) < 4.78 is 5.36. The summed E-state index contributed by atoms with van der Waals surface area (Å²) >= 11 is 0. The van der Waals surface area contributed by atoms with Crippen LogP contribution in [0.1, 0.15) is 35.6 Å². The van der Waals surface area contributed by atoms with Crippen LogP contribution in [0.15, 0.2) is 48.5 Å². The fraction of sp³-hybridized carbons (Fsp3) is 0.409. The molecule has 0 bridgehead atoms. The van der Waals surface area contributed by atoms with Crippen LogP contribution in [0.25, 0.3) is 0 Å². The van der Waals surface area contributed by atoms with E-state index >= 15 is 0 Å². The van der Waals surface area contributed by atoms with E-state index in [-0.39, 0.29) is 5.91 Å². The molecule has 1 aliphatic rings. The molecule has 0 radical (unpaired) electrons.